The SMILES string of the molecule is COc1ccc([Si](C)(C)[C@H]2[C@H](CCn3cc(C(CO)c4ccccc4)nn3)O[C@@]3(C(=O)N(C/C=C(\C)CCC=C(C)C)c4ccc(NC(=O)c5ccccc5)cc43)[C@@H]2C)cc1. The van der Waals surface area contributed by atoms with Crippen LogP contribution in [0.4, 0.5) is 11.4 Å². The van der Waals surface area contributed by atoms with E-state index in [9.17, 15) is 9.90 Å². The Morgan fingerprint density at radius 1 is 0.984 bits per heavy atom. The summed E-state index contributed by atoms with van der Waals surface area (Å²) in [5, 5.41) is 23.7. The number of carbonyl (C=O) groups excluding carboxylic acids is 2. The van der Waals surface area contributed by atoms with Gasteiger partial charge in [0.15, 0.2) is 5.60 Å². The molecule has 7 rings (SSSR count). The van der Waals surface area contributed by atoms with Crippen LogP contribution in [0.3, 0.4) is 0 Å². The van der Waals surface area contributed by atoms with E-state index in [-0.39, 0.29) is 41.9 Å². The van der Waals surface area contributed by atoms with Crippen LogP contribution in [-0.2, 0) is 21.7 Å². The normalized spacial score (nSPS) is 20.5. The fraction of sp³-hybridized carbons (Fsp3) is 0.360. The second-order valence-electron chi connectivity index (χ2n) is 17.3. The Labute approximate surface area is 361 Å². The first kappa shape index (κ1) is 43.5. The third-order valence-electron chi connectivity index (χ3n) is 12.8. The van der Waals surface area contributed by atoms with Gasteiger partial charge in [0.25, 0.3) is 11.8 Å². The van der Waals surface area contributed by atoms with Crippen LogP contribution in [0.5, 0.6) is 5.75 Å². The van der Waals surface area contributed by atoms with Crippen molar-refractivity contribution in [3.8, 4) is 5.75 Å². The number of allylic oxidation sites excluding steroid dienone is 3. The number of fused-ring (bicyclic) bond motifs is 2. The smallest absolute Gasteiger partial charge is 0.264 e. The van der Waals surface area contributed by atoms with E-state index in [0.29, 0.717) is 36.5 Å². The maximum Gasteiger partial charge on any atom is 0.264 e. The van der Waals surface area contributed by atoms with Crippen molar-refractivity contribution in [2.24, 2.45) is 5.92 Å². The van der Waals surface area contributed by atoms with Gasteiger partial charge in [0.2, 0.25) is 0 Å². The summed E-state index contributed by atoms with van der Waals surface area (Å²) in [6.45, 7) is 14.1. The van der Waals surface area contributed by atoms with Gasteiger partial charge in [-0.1, -0.05) is 114 Å². The number of nitrogens with one attached hydrogen (secondary N) is 1. The molecule has 1 spiro atoms. The molecule has 0 bridgehead atoms. The first-order valence-corrected chi connectivity index (χ1v) is 24.4. The van der Waals surface area contributed by atoms with E-state index in [4.69, 9.17) is 9.47 Å². The second kappa shape index (κ2) is 18.6. The molecule has 10 nitrogen and oxygen atoms in total. The highest BCUT2D eigenvalue weighted by Crippen LogP contribution is 2.60. The van der Waals surface area contributed by atoms with Gasteiger partial charge < -0.3 is 24.8 Å². The van der Waals surface area contributed by atoms with Crippen LogP contribution in [0.25, 0.3) is 0 Å². The fourth-order valence-electron chi connectivity index (χ4n) is 9.47. The van der Waals surface area contributed by atoms with Gasteiger partial charge in [-0.2, -0.15) is 0 Å². The average Bonchev–Trinajstić information content (AvgIpc) is 3.92. The highest BCUT2D eigenvalue weighted by atomic mass is 28.3. The number of aryl methyl sites for hydroxylation is 1. The first-order chi connectivity index (χ1) is 29.4. The summed E-state index contributed by atoms with van der Waals surface area (Å²) >= 11 is 0. The average molecular weight is 838 g/mol. The zero-order valence-corrected chi connectivity index (χ0v) is 37.5. The van der Waals surface area contributed by atoms with Crippen LogP contribution in [-0.4, -0.2) is 66.4 Å². The van der Waals surface area contributed by atoms with E-state index < -0.39 is 13.7 Å². The lowest BCUT2D eigenvalue weighted by Gasteiger charge is -2.37. The number of aliphatic hydroxyl groups excluding tert-OH is 1. The minimum Gasteiger partial charge on any atom is -0.497 e. The zero-order valence-electron chi connectivity index (χ0n) is 36.5. The lowest BCUT2D eigenvalue weighted by atomic mass is 9.82. The van der Waals surface area contributed by atoms with Crippen molar-refractivity contribution >= 4 is 36.4 Å². The molecule has 2 aliphatic heterocycles. The molecule has 0 aliphatic carbocycles. The molecule has 61 heavy (non-hydrogen) atoms. The quantitative estimate of drug-likeness (QED) is 0.0753. The summed E-state index contributed by atoms with van der Waals surface area (Å²) in [5.74, 6) is -0.0455. The number of ether oxygens (including phenoxy) is 2. The van der Waals surface area contributed by atoms with Crippen LogP contribution in [0.1, 0.15) is 80.1 Å². The molecule has 2 aliphatic rings. The number of hydrogen-bond donors (Lipinski definition) is 2. The Bertz CT molecular complexity index is 2370. The van der Waals surface area contributed by atoms with Gasteiger partial charge in [-0.15, -0.1) is 5.10 Å². The number of anilines is 2. The minimum absolute atomic E-state index is 0.000870. The fourth-order valence-corrected chi connectivity index (χ4v) is 13.5. The van der Waals surface area contributed by atoms with E-state index in [1.54, 1.807) is 19.2 Å². The molecule has 1 saturated heterocycles. The Morgan fingerprint density at radius 3 is 2.36 bits per heavy atom. The highest BCUT2D eigenvalue weighted by Gasteiger charge is 2.66. The second-order valence-corrected chi connectivity index (χ2v) is 22.0. The molecule has 0 saturated carbocycles. The van der Waals surface area contributed by atoms with Crippen molar-refractivity contribution in [3.63, 3.8) is 0 Å². The van der Waals surface area contributed by atoms with E-state index in [1.165, 1.54) is 16.3 Å². The number of rotatable bonds is 16. The number of amides is 2. The van der Waals surface area contributed by atoms with Gasteiger partial charge >= 0.3 is 0 Å². The largest absolute Gasteiger partial charge is 0.497 e. The topological polar surface area (TPSA) is 119 Å². The number of aliphatic hydroxyl groups is 1. The van der Waals surface area contributed by atoms with Crippen LogP contribution in [0.15, 0.2) is 133 Å². The molecule has 0 radical (unpaired) electrons. The molecular formula is C50H59N5O5Si. The predicted molar refractivity (Wildman–Crippen MR) is 245 cm³/mol. The van der Waals surface area contributed by atoms with Gasteiger partial charge in [-0.3, -0.25) is 14.3 Å². The Hall–Kier alpha value is -5.62. The standard InChI is InChI=1S/C50H59N5O5Si/c1-34(2)15-14-16-35(3)27-30-55-45-26-21-39(51-48(57)38-19-12-9-13-20-38)31-43(45)50(49(55)58)36(4)47(61(6,7)41-24-22-40(59-5)23-25-41)46(60-50)28-29-54-32-44(52-53-54)42(33-56)37-17-10-8-11-18-37/h8-13,15,17-27,31-32,36,42,46-47,56H,14,16,28-30,33H2,1-7H3,(H,51,57)/b35-27+/t36-,42?,46+,47-,50+/m1/s1. The summed E-state index contributed by atoms with van der Waals surface area (Å²) in [5.41, 5.74) is 5.58. The Balaban J connectivity index is 1.27. The maximum atomic E-state index is 15.4. The molecule has 2 amide bonds. The summed E-state index contributed by atoms with van der Waals surface area (Å²) in [7, 11) is -0.762. The third kappa shape index (κ3) is 8.91. The van der Waals surface area contributed by atoms with Gasteiger partial charge in [-0.05, 0) is 93.6 Å². The van der Waals surface area contributed by atoms with Crippen molar-refractivity contribution in [1.82, 2.24) is 15.0 Å². The molecule has 318 valence electrons. The Kier molecular flexibility index (Phi) is 13.2. The molecule has 1 fully saturated rings. The molecule has 1 aromatic heterocycles. The summed E-state index contributed by atoms with van der Waals surface area (Å²) < 4.78 is 14.8. The zero-order chi connectivity index (χ0) is 43.3. The van der Waals surface area contributed by atoms with Crippen molar-refractivity contribution in [2.45, 2.75) is 89.8 Å². The lowest BCUT2D eigenvalue weighted by Crippen LogP contribution is -2.52. The van der Waals surface area contributed by atoms with Crippen LogP contribution in [0.2, 0.25) is 18.6 Å². The summed E-state index contributed by atoms with van der Waals surface area (Å²) in [4.78, 5) is 30.8. The molecule has 5 atom stereocenters. The maximum absolute atomic E-state index is 15.4. The molecule has 4 aromatic carbocycles. The van der Waals surface area contributed by atoms with Crippen molar-refractivity contribution in [1.29, 1.82) is 0 Å². The molecule has 2 N–H and O–H groups in total. The Morgan fingerprint density at radius 2 is 1.69 bits per heavy atom. The van der Waals surface area contributed by atoms with Gasteiger partial charge in [0.1, 0.15) is 5.75 Å². The molecule has 11 heteroatoms. The van der Waals surface area contributed by atoms with E-state index in [2.05, 4.69) is 80.7 Å². The molecular weight excluding hydrogens is 779 g/mol. The highest BCUT2D eigenvalue weighted by molar-refractivity contribution is 6.91. The number of nitrogens with zero attached hydrogens (tertiary/aromatic N) is 4. The third-order valence-corrected chi connectivity index (χ3v) is 17.1. The first-order valence-electron chi connectivity index (χ1n) is 21.4. The van der Waals surface area contributed by atoms with Crippen molar-refractivity contribution in [2.75, 3.05) is 30.5 Å². The number of hydrogen-bond acceptors (Lipinski definition) is 7. The van der Waals surface area contributed by atoms with Crippen LogP contribution in [0, 0.1) is 5.92 Å². The van der Waals surface area contributed by atoms with Crippen LogP contribution >= 0.6 is 0 Å². The van der Waals surface area contributed by atoms with Gasteiger partial charge in [0.05, 0.1) is 45.2 Å². The number of benzene rings is 4. The molecule has 3 heterocycles. The number of aromatic nitrogens is 3. The van der Waals surface area contributed by atoms with Gasteiger partial charge in [0, 0.05) is 42.0 Å². The van der Waals surface area contributed by atoms with Crippen molar-refractivity contribution in [3.05, 3.63) is 155 Å². The lowest BCUT2D eigenvalue weighted by molar-refractivity contribution is -0.145. The summed E-state index contributed by atoms with van der Waals surface area (Å²) in [6, 6.07) is 33.2. The molecule has 1 unspecified atom stereocenters. The monoisotopic (exact) mass is 837 g/mol. The predicted octanol–water partition coefficient (Wildman–Crippen LogP) is 9.01. The number of carbonyl (C=O) groups is 2. The van der Waals surface area contributed by atoms with E-state index in [1.807, 2.05) is 94.6 Å². The summed E-state index contributed by atoms with van der Waals surface area (Å²) in [6.07, 6.45) is 8.42. The van der Waals surface area contributed by atoms with Crippen molar-refractivity contribution < 1.29 is 24.2 Å². The number of methoxy groups -OCH3 is 1. The molecule has 5 aromatic rings. The van der Waals surface area contributed by atoms with E-state index >= 15 is 4.79 Å². The van der Waals surface area contributed by atoms with Gasteiger partial charge in [-0.25, -0.2) is 0 Å². The van der Waals surface area contributed by atoms with Crippen LogP contribution < -0.4 is 20.1 Å². The van der Waals surface area contributed by atoms with E-state index in [0.717, 1.165) is 35.4 Å². The minimum atomic E-state index is -2.44.